The van der Waals surface area contributed by atoms with E-state index in [0.717, 1.165) is 5.56 Å². The Morgan fingerprint density at radius 2 is 1.83 bits per heavy atom. The van der Waals surface area contributed by atoms with Gasteiger partial charge in [0.2, 0.25) is 0 Å². The van der Waals surface area contributed by atoms with E-state index in [-0.39, 0.29) is 24.7 Å². The van der Waals surface area contributed by atoms with Gasteiger partial charge in [-0.05, 0) is 23.8 Å². The van der Waals surface area contributed by atoms with Crippen molar-refractivity contribution in [3.8, 4) is 0 Å². The van der Waals surface area contributed by atoms with E-state index in [1.54, 1.807) is 41.3 Å². The Balaban J connectivity index is 1.87. The molecular formula is C17H16ClNO3S. The Hall–Kier alpha value is -1.85. The number of nitrogens with zero attached hydrogens (tertiary/aromatic N) is 1. The molecule has 23 heavy (non-hydrogen) atoms. The highest BCUT2D eigenvalue weighted by Gasteiger charge is 2.36. The maximum atomic E-state index is 12.6. The van der Waals surface area contributed by atoms with E-state index >= 15 is 0 Å². The summed E-state index contributed by atoms with van der Waals surface area (Å²) in [6.45, 7) is 0.370. The number of hydrogen-bond donors (Lipinski definition) is 0. The van der Waals surface area contributed by atoms with Gasteiger partial charge in [0, 0.05) is 23.7 Å². The van der Waals surface area contributed by atoms with Crippen LogP contribution in [0.5, 0.6) is 0 Å². The highest BCUT2D eigenvalue weighted by atomic mass is 35.5. The zero-order valence-corrected chi connectivity index (χ0v) is 13.9. The van der Waals surface area contributed by atoms with Crippen molar-refractivity contribution < 1.29 is 13.2 Å². The fourth-order valence-electron chi connectivity index (χ4n) is 2.75. The van der Waals surface area contributed by atoms with Crippen molar-refractivity contribution in [1.29, 1.82) is 0 Å². The number of halogens is 1. The molecule has 1 atom stereocenters. The second-order valence-corrected chi connectivity index (χ2v) is 8.27. The molecule has 4 nitrogen and oxygen atoms in total. The van der Waals surface area contributed by atoms with Crippen molar-refractivity contribution in [2.75, 3.05) is 18.8 Å². The number of benzene rings is 2. The van der Waals surface area contributed by atoms with E-state index in [4.69, 9.17) is 11.6 Å². The monoisotopic (exact) mass is 349 g/mol. The van der Waals surface area contributed by atoms with Gasteiger partial charge in [-0.3, -0.25) is 4.79 Å². The SMILES string of the molecule is O=C(c1cccc(Cl)c1)N1CCS(=O)(=O)C(c2ccccc2)C1. The van der Waals surface area contributed by atoms with Gasteiger partial charge in [-0.15, -0.1) is 0 Å². The fraction of sp³-hybridized carbons (Fsp3) is 0.235. The summed E-state index contributed by atoms with van der Waals surface area (Å²) in [7, 11) is -3.25. The molecule has 1 aliphatic heterocycles. The zero-order valence-electron chi connectivity index (χ0n) is 12.4. The third-order valence-corrected chi connectivity index (χ3v) is 6.27. The van der Waals surface area contributed by atoms with Gasteiger partial charge < -0.3 is 4.90 Å². The lowest BCUT2D eigenvalue weighted by atomic mass is 10.1. The Labute approximate surface area is 140 Å². The highest BCUT2D eigenvalue weighted by molar-refractivity contribution is 7.91. The molecule has 2 aromatic carbocycles. The molecule has 1 unspecified atom stereocenters. The Bertz CT molecular complexity index is 821. The predicted molar refractivity (Wildman–Crippen MR) is 90.3 cm³/mol. The molecule has 120 valence electrons. The molecule has 0 aromatic heterocycles. The first-order chi connectivity index (χ1) is 11.0. The van der Waals surface area contributed by atoms with Gasteiger partial charge in [0.25, 0.3) is 5.91 Å². The lowest BCUT2D eigenvalue weighted by Gasteiger charge is -2.33. The molecule has 1 fully saturated rings. The third kappa shape index (κ3) is 3.41. The lowest BCUT2D eigenvalue weighted by Crippen LogP contribution is -2.45. The molecule has 1 aliphatic rings. The molecule has 1 amide bonds. The van der Waals surface area contributed by atoms with Crippen LogP contribution in [0.1, 0.15) is 21.2 Å². The van der Waals surface area contributed by atoms with Crippen LogP contribution in [0.4, 0.5) is 0 Å². The van der Waals surface area contributed by atoms with Crippen LogP contribution < -0.4 is 0 Å². The number of amides is 1. The minimum Gasteiger partial charge on any atom is -0.336 e. The van der Waals surface area contributed by atoms with Crippen LogP contribution in [-0.4, -0.2) is 38.1 Å². The molecule has 0 N–H and O–H groups in total. The second kappa shape index (κ2) is 6.34. The average Bonchev–Trinajstić information content (AvgIpc) is 2.55. The highest BCUT2D eigenvalue weighted by Crippen LogP contribution is 2.28. The van der Waals surface area contributed by atoms with Gasteiger partial charge in [0.05, 0.1) is 5.75 Å². The minimum absolute atomic E-state index is 0.0289. The van der Waals surface area contributed by atoms with Crippen molar-refractivity contribution in [2.45, 2.75) is 5.25 Å². The first-order valence-electron chi connectivity index (χ1n) is 7.29. The van der Waals surface area contributed by atoms with Gasteiger partial charge >= 0.3 is 0 Å². The van der Waals surface area contributed by atoms with Crippen molar-refractivity contribution in [3.05, 3.63) is 70.7 Å². The van der Waals surface area contributed by atoms with Crippen LogP contribution in [0, 0.1) is 0 Å². The van der Waals surface area contributed by atoms with E-state index in [0.29, 0.717) is 10.6 Å². The van der Waals surface area contributed by atoms with Crippen LogP contribution in [0.15, 0.2) is 54.6 Å². The quantitative estimate of drug-likeness (QED) is 0.837. The first kappa shape index (κ1) is 16.0. The Kier molecular flexibility index (Phi) is 4.41. The predicted octanol–water partition coefficient (Wildman–Crippen LogP) is 2.95. The lowest BCUT2D eigenvalue weighted by molar-refractivity contribution is 0.0758. The summed E-state index contributed by atoms with van der Waals surface area (Å²) in [6, 6.07) is 15.7. The smallest absolute Gasteiger partial charge is 0.253 e. The standard InChI is InChI=1S/C17H16ClNO3S/c18-15-8-4-7-14(11-15)17(20)19-9-10-23(21,22)16(12-19)13-5-2-1-3-6-13/h1-8,11,16H,9-10,12H2. The van der Waals surface area contributed by atoms with Crippen molar-refractivity contribution in [2.24, 2.45) is 0 Å². The minimum atomic E-state index is -3.25. The third-order valence-electron chi connectivity index (χ3n) is 4.00. The molecule has 1 saturated heterocycles. The van der Waals surface area contributed by atoms with Gasteiger partial charge in [-0.2, -0.15) is 0 Å². The normalized spacial score (nSPS) is 20.2. The van der Waals surface area contributed by atoms with Crippen LogP contribution in [0.2, 0.25) is 5.02 Å². The summed E-state index contributed by atoms with van der Waals surface area (Å²) in [5.41, 5.74) is 1.19. The Morgan fingerprint density at radius 1 is 1.09 bits per heavy atom. The van der Waals surface area contributed by atoms with Gasteiger partial charge in [-0.1, -0.05) is 48.0 Å². The summed E-state index contributed by atoms with van der Waals surface area (Å²) >= 11 is 5.93. The summed E-state index contributed by atoms with van der Waals surface area (Å²) < 4.78 is 24.8. The van der Waals surface area contributed by atoms with Crippen LogP contribution in [0.3, 0.4) is 0 Å². The molecule has 6 heteroatoms. The summed E-state index contributed by atoms with van der Waals surface area (Å²) in [5, 5.41) is -0.194. The van der Waals surface area contributed by atoms with E-state index in [2.05, 4.69) is 0 Å². The van der Waals surface area contributed by atoms with E-state index in [9.17, 15) is 13.2 Å². The number of hydrogen-bond acceptors (Lipinski definition) is 3. The van der Waals surface area contributed by atoms with Crippen molar-refractivity contribution in [1.82, 2.24) is 4.90 Å². The molecular weight excluding hydrogens is 334 g/mol. The topological polar surface area (TPSA) is 54.5 Å². The summed E-state index contributed by atoms with van der Waals surface area (Å²) in [4.78, 5) is 14.2. The number of carbonyl (C=O) groups is 1. The number of carbonyl (C=O) groups excluding carboxylic acids is 1. The van der Waals surface area contributed by atoms with E-state index < -0.39 is 15.1 Å². The number of rotatable bonds is 2. The van der Waals surface area contributed by atoms with Gasteiger partial charge in [0.15, 0.2) is 9.84 Å². The maximum absolute atomic E-state index is 12.6. The van der Waals surface area contributed by atoms with Gasteiger partial charge in [0.1, 0.15) is 5.25 Å². The molecule has 0 bridgehead atoms. The maximum Gasteiger partial charge on any atom is 0.253 e. The molecule has 0 aliphatic carbocycles. The largest absolute Gasteiger partial charge is 0.336 e. The van der Waals surface area contributed by atoms with Crippen molar-refractivity contribution in [3.63, 3.8) is 0 Å². The first-order valence-corrected chi connectivity index (χ1v) is 9.38. The summed E-state index contributed by atoms with van der Waals surface area (Å²) in [6.07, 6.45) is 0. The van der Waals surface area contributed by atoms with Crippen LogP contribution in [0.25, 0.3) is 0 Å². The molecule has 3 rings (SSSR count). The molecule has 0 spiro atoms. The second-order valence-electron chi connectivity index (χ2n) is 5.53. The van der Waals surface area contributed by atoms with Crippen LogP contribution >= 0.6 is 11.6 Å². The molecule has 1 heterocycles. The van der Waals surface area contributed by atoms with E-state index in [1.165, 1.54) is 0 Å². The summed E-state index contributed by atoms with van der Waals surface area (Å²) in [5.74, 6) is -0.220. The molecule has 0 radical (unpaired) electrons. The van der Waals surface area contributed by atoms with Crippen molar-refractivity contribution >= 4 is 27.3 Å². The van der Waals surface area contributed by atoms with Crippen LogP contribution in [-0.2, 0) is 9.84 Å². The molecule has 0 saturated carbocycles. The Morgan fingerprint density at radius 3 is 2.52 bits per heavy atom. The van der Waals surface area contributed by atoms with Gasteiger partial charge in [-0.25, -0.2) is 8.42 Å². The average molecular weight is 350 g/mol. The zero-order chi connectivity index (χ0) is 16.4. The van der Waals surface area contributed by atoms with E-state index in [1.807, 2.05) is 18.2 Å². The fourth-order valence-corrected chi connectivity index (χ4v) is 4.68. The number of sulfone groups is 1. The molecule has 2 aromatic rings.